The molecule has 1 aromatic carbocycles. The van der Waals surface area contributed by atoms with Crippen LogP contribution in [0.3, 0.4) is 0 Å². The van der Waals surface area contributed by atoms with E-state index < -0.39 is 17.7 Å². The molecule has 1 saturated carbocycles. The van der Waals surface area contributed by atoms with Gasteiger partial charge in [0, 0.05) is 37.0 Å². The third-order valence-corrected chi connectivity index (χ3v) is 8.58. The molecular formula is C26H39NO5. The standard InChI is InChI=1S/C26H39NO5/c1-6-27(7-2)20-11-9-19(10-12-20)16-28-23-18(4)22-13-8-17(3)21-14-15-25(5)30-24(29-23)26(21,22)32-31-25/h9-12,17-18,21-24H,6-8,13-16H2,1-5H3/t17-,18-,21+,22?,23+,24?,25+,26-/m1/s1. The third kappa shape index (κ3) is 3.59. The van der Waals surface area contributed by atoms with Gasteiger partial charge in [0.15, 0.2) is 18.2 Å². The Kier molecular flexibility index (Phi) is 6.04. The van der Waals surface area contributed by atoms with Crippen LogP contribution >= 0.6 is 0 Å². The van der Waals surface area contributed by atoms with Gasteiger partial charge in [0.2, 0.25) is 5.79 Å². The van der Waals surface area contributed by atoms with E-state index in [-0.39, 0.29) is 12.2 Å². The van der Waals surface area contributed by atoms with Crippen molar-refractivity contribution < 1.29 is 24.0 Å². The quantitative estimate of drug-likeness (QED) is 0.557. The van der Waals surface area contributed by atoms with E-state index in [0.29, 0.717) is 24.4 Å². The van der Waals surface area contributed by atoms with Gasteiger partial charge in [-0.2, -0.15) is 0 Å². The second-order valence-electron chi connectivity index (χ2n) is 10.4. The summed E-state index contributed by atoms with van der Waals surface area (Å²) in [4.78, 5) is 14.5. The highest BCUT2D eigenvalue weighted by molar-refractivity contribution is 5.47. The lowest BCUT2D eigenvalue weighted by molar-refractivity contribution is -0.577. The van der Waals surface area contributed by atoms with Crippen LogP contribution in [0.1, 0.15) is 65.9 Å². The molecule has 0 amide bonds. The second kappa shape index (κ2) is 8.55. The lowest BCUT2D eigenvalue weighted by atomic mass is 9.58. The van der Waals surface area contributed by atoms with E-state index in [1.807, 2.05) is 6.92 Å². The van der Waals surface area contributed by atoms with Gasteiger partial charge in [-0.3, -0.25) is 0 Å². The first kappa shape index (κ1) is 22.6. The number of hydrogen-bond donors (Lipinski definition) is 0. The van der Waals surface area contributed by atoms with Crippen LogP contribution in [-0.4, -0.2) is 37.1 Å². The van der Waals surface area contributed by atoms with E-state index in [9.17, 15) is 0 Å². The van der Waals surface area contributed by atoms with Gasteiger partial charge >= 0.3 is 0 Å². The summed E-state index contributed by atoms with van der Waals surface area (Å²) in [5.41, 5.74) is 1.87. The molecule has 4 heterocycles. The lowest BCUT2D eigenvalue weighted by Gasteiger charge is -2.60. The van der Waals surface area contributed by atoms with Crippen molar-refractivity contribution >= 4 is 5.69 Å². The summed E-state index contributed by atoms with van der Waals surface area (Å²) in [5.74, 6) is 0.694. The molecule has 4 saturated heterocycles. The van der Waals surface area contributed by atoms with Crippen molar-refractivity contribution in [2.45, 2.75) is 90.9 Å². The van der Waals surface area contributed by atoms with Crippen molar-refractivity contribution in [1.82, 2.24) is 0 Å². The maximum absolute atomic E-state index is 6.52. The molecule has 5 fully saturated rings. The maximum atomic E-state index is 6.52. The van der Waals surface area contributed by atoms with E-state index >= 15 is 0 Å². The lowest BCUT2D eigenvalue weighted by Crippen LogP contribution is -2.70. The largest absolute Gasteiger partial charge is 0.372 e. The molecule has 32 heavy (non-hydrogen) atoms. The number of hydrogen-bond acceptors (Lipinski definition) is 6. The topological polar surface area (TPSA) is 49.4 Å². The Labute approximate surface area is 192 Å². The number of rotatable bonds is 6. The van der Waals surface area contributed by atoms with Gasteiger partial charge in [-0.25, -0.2) is 9.78 Å². The van der Waals surface area contributed by atoms with Gasteiger partial charge in [0.1, 0.15) is 0 Å². The molecule has 0 aromatic heterocycles. The van der Waals surface area contributed by atoms with Crippen LogP contribution in [0.25, 0.3) is 0 Å². The normalized spacial score (nSPS) is 42.9. The zero-order valence-corrected chi connectivity index (χ0v) is 20.2. The fourth-order valence-electron chi connectivity index (χ4n) is 6.63. The molecule has 178 valence electrons. The summed E-state index contributed by atoms with van der Waals surface area (Å²) in [6.07, 6.45) is 3.39. The zero-order valence-electron chi connectivity index (χ0n) is 20.2. The fourth-order valence-corrected chi connectivity index (χ4v) is 6.63. The molecule has 6 nitrogen and oxygen atoms in total. The van der Waals surface area contributed by atoms with Gasteiger partial charge in [0.25, 0.3) is 0 Å². The monoisotopic (exact) mass is 445 g/mol. The van der Waals surface area contributed by atoms with Gasteiger partial charge in [-0.15, -0.1) is 0 Å². The molecule has 8 atom stereocenters. The molecule has 1 aliphatic carbocycles. The molecule has 6 heteroatoms. The minimum Gasteiger partial charge on any atom is -0.372 e. The zero-order chi connectivity index (χ0) is 22.5. The van der Waals surface area contributed by atoms with Crippen molar-refractivity contribution in [3.05, 3.63) is 29.8 Å². The summed E-state index contributed by atoms with van der Waals surface area (Å²) in [5, 5.41) is 0. The van der Waals surface area contributed by atoms with Gasteiger partial charge in [0.05, 0.1) is 6.61 Å². The molecule has 2 bridgehead atoms. The van der Waals surface area contributed by atoms with Crippen LogP contribution in [-0.2, 0) is 30.6 Å². The van der Waals surface area contributed by atoms with E-state index in [4.69, 9.17) is 24.0 Å². The Balaban J connectivity index is 1.32. The Morgan fingerprint density at radius 1 is 1.00 bits per heavy atom. The highest BCUT2D eigenvalue weighted by Gasteiger charge is 2.69. The van der Waals surface area contributed by atoms with Crippen LogP contribution in [0.4, 0.5) is 5.69 Å². The molecule has 6 rings (SSSR count). The Morgan fingerprint density at radius 2 is 1.75 bits per heavy atom. The first-order valence-electron chi connectivity index (χ1n) is 12.6. The van der Waals surface area contributed by atoms with Crippen LogP contribution in [0, 0.1) is 23.7 Å². The van der Waals surface area contributed by atoms with E-state index in [0.717, 1.165) is 37.9 Å². The van der Waals surface area contributed by atoms with Gasteiger partial charge in [-0.05, 0) is 69.6 Å². The van der Waals surface area contributed by atoms with Crippen LogP contribution in [0.15, 0.2) is 24.3 Å². The Bertz CT molecular complexity index is 798. The predicted molar refractivity (Wildman–Crippen MR) is 122 cm³/mol. The molecular weight excluding hydrogens is 406 g/mol. The van der Waals surface area contributed by atoms with E-state index in [1.54, 1.807) is 0 Å². The summed E-state index contributed by atoms with van der Waals surface area (Å²) in [7, 11) is 0. The van der Waals surface area contributed by atoms with Gasteiger partial charge in [-0.1, -0.05) is 26.0 Å². The molecule has 2 unspecified atom stereocenters. The fraction of sp³-hybridized carbons (Fsp3) is 0.769. The van der Waals surface area contributed by atoms with Crippen molar-refractivity contribution in [1.29, 1.82) is 0 Å². The summed E-state index contributed by atoms with van der Waals surface area (Å²) < 4.78 is 19.3. The Morgan fingerprint density at radius 3 is 2.47 bits per heavy atom. The van der Waals surface area contributed by atoms with Gasteiger partial charge < -0.3 is 19.1 Å². The van der Waals surface area contributed by atoms with Crippen molar-refractivity contribution in [2.75, 3.05) is 18.0 Å². The minimum absolute atomic E-state index is 0.200. The van der Waals surface area contributed by atoms with Crippen LogP contribution in [0.5, 0.6) is 0 Å². The molecule has 0 N–H and O–H groups in total. The van der Waals surface area contributed by atoms with Crippen molar-refractivity contribution in [2.24, 2.45) is 23.7 Å². The number of ether oxygens (including phenoxy) is 3. The number of fused-ring (bicyclic) bond motifs is 2. The van der Waals surface area contributed by atoms with Crippen LogP contribution < -0.4 is 4.90 Å². The Hall–Kier alpha value is -1.18. The highest BCUT2D eigenvalue weighted by atomic mass is 17.3. The first-order chi connectivity index (χ1) is 15.4. The second-order valence-corrected chi connectivity index (χ2v) is 10.4. The number of nitrogens with zero attached hydrogens (tertiary/aromatic N) is 1. The summed E-state index contributed by atoms with van der Waals surface area (Å²) >= 11 is 0. The summed E-state index contributed by atoms with van der Waals surface area (Å²) in [6, 6.07) is 8.67. The molecule has 5 aliphatic rings. The molecule has 1 aromatic rings. The highest BCUT2D eigenvalue weighted by Crippen LogP contribution is 2.60. The average molecular weight is 446 g/mol. The number of anilines is 1. The van der Waals surface area contributed by atoms with Crippen molar-refractivity contribution in [3.8, 4) is 0 Å². The SMILES string of the molecule is CCN(CC)c1ccc(CO[C@H]2OC3O[C@]4(C)CC[C@H]5[C@H](C)CCC([C@H]2C)[C@@]35OO4)cc1. The summed E-state index contributed by atoms with van der Waals surface area (Å²) in [6.45, 7) is 13.4. The molecule has 4 aliphatic heterocycles. The molecule has 1 spiro atoms. The smallest absolute Gasteiger partial charge is 0.201 e. The minimum atomic E-state index is -0.747. The van der Waals surface area contributed by atoms with E-state index in [2.05, 4.69) is 56.9 Å². The average Bonchev–Trinajstić information content (AvgIpc) is 3.03. The van der Waals surface area contributed by atoms with Crippen LogP contribution in [0.2, 0.25) is 0 Å². The molecule has 0 radical (unpaired) electrons. The maximum Gasteiger partial charge on any atom is 0.201 e. The first-order valence-corrected chi connectivity index (χ1v) is 12.6. The predicted octanol–water partition coefficient (Wildman–Crippen LogP) is 5.26. The number of benzene rings is 1. The van der Waals surface area contributed by atoms with E-state index in [1.165, 1.54) is 12.1 Å². The third-order valence-electron chi connectivity index (χ3n) is 8.58. The van der Waals surface area contributed by atoms with Crippen molar-refractivity contribution in [3.63, 3.8) is 0 Å².